The Balaban J connectivity index is 1.58. The first-order valence-corrected chi connectivity index (χ1v) is 11.4. The average Bonchev–Trinajstić information content (AvgIpc) is 3.18. The van der Waals surface area contributed by atoms with E-state index < -0.39 is 17.6 Å². The number of aromatic nitrogens is 5. The van der Waals surface area contributed by atoms with Crippen LogP contribution in [-0.4, -0.2) is 62.8 Å². The van der Waals surface area contributed by atoms with Crippen molar-refractivity contribution in [2.24, 2.45) is 0 Å². The molecule has 0 atom stereocenters. The molecule has 35 heavy (non-hydrogen) atoms. The predicted octanol–water partition coefficient (Wildman–Crippen LogP) is 4.23. The van der Waals surface area contributed by atoms with Gasteiger partial charge in [-0.15, -0.1) is 0 Å². The molecular weight excluding hydrogens is 459 g/mol. The Morgan fingerprint density at radius 1 is 1.09 bits per heavy atom. The lowest BCUT2D eigenvalue weighted by Gasteiger charge is -2.33. The van der Waals surface area contributed by atoms with Crippen LogP contribution in [0.2, 0.25) is 0 Å². The Morgan fingerprint density at radius 3 is 2.57 bits per heavy atom. The topological polar surface area (TPSA) is 95.0 Å². The van der Waals surface area contributed by atoms with Crippen LogP contribution in [0.15, 0.2) is 30.6 Å². The van der Waals surface area contributed by atoms with Gasteiger partial charge in [0.2, 0.25) is 0 Å². The van der Waals surface area contributed by atoms with Crippen molar-refractivity contribution in [2.45, 2.75) is 32.0 Å². The number of piperidine rings is 1. The fourth-order valence-electron chi connectivity index (χ4n) is 4.82. The van der Waals surface area contributed by atoms with Gasteiger partial charge >= 0.3 is 6.18 Å². The van der Waals surface area contributed by atoms with E-state index in [1.165, 1.54) is 6.20 Å². The van der Waals surface area contributed by atoms with Gasteiger partial charge in [-0.3, -0.25) is 4.98 Å². The van der Waals surface area contributed by atoms with Crippen molar-refractivity contribution >= 4 is 27.9 Å². The summed E-state index contributed by atoms with van der Waals surface area (Å²) in [6.45, 7) is 5.47. The van der Waals surface area contributed by atoms with Crippen LogP contribution in [0.25, 0.3) is 33.3 Å². The molecule has 0 amide bonds. The fourth-order valence-corrected chi connectivity index (χ4v) is 4.82. The van der Waals surface area contributed by atoms with Gasteiger partial charge in [0, 0.05) is 44.5 Å². The molecule has 11 heteroatoms. The molecule has 1 aliphatic rings. The van der Waals surface area contributed by atoms with E-state index >= 15 is 0 Å². The summed E-state index contributed by atoms with van der Waals surface area (Å²) < 4.78 is 47.6. The summed E-state index contributed by atoms with van der Waals surface area (Å²) in [5.74, 6) is 0.307. The maximum atomic E-state index is 13.4. The lowest BCUT2D eigenvalue weighted by atomic mass is 10.0. The highest BCUT2D eigenvalue weighted by Crippen LogP contribution is 2.36. The van der Waals surface area contributed by atoms with Crippen LogP contribution >= 0.6 is 0 Å². The van der Waals surface area contributed by atoms with E-state index in [-0.39, 0.29) is 11.6 Å². The summed E-state index contributed by atoms with van der Waals surface area (Å²) in [7, 11) is 1.71. The second-order valence-corrected chi connectivity index (χ2v) is 8.81. The third kappa shape index (κ3) is 4.41. The first kappa shape index (κ1) is 23.4. The molecule has 4 aromatic rings. The zero-order valence-electron chi connectivity index (χ0n) is 19.5. The predicted molar refractivity (Wildman–Crippen MR) is 127 cm³/mol. The van der Waals surface area contributed by atoms with Crippen LogP contribution in [0.5, 0.6) is 0 Å². The van der Waals surface area contributed by atoms with Crippen LogP contribution in [0.4, 0.5) is 19.0 Å². The Labute approximate surface area is 200 Å². The summed E-state index contributed by atoms with van der Waals surface area (Å²) in [5.41, 5.74) is 7.92. The third-order valence-electron chi connectivity index (χ3n) is 6.59. The standard InChI is InChI=1S/C24H26F3N7O/c1-14-31-20-13-29-19-4-3-18(15-11-17(24(25,26)27)23(28)30-12-15)32-21(19)22(20)34(14)16-5-7-33(8-6-16)9-10-35-2/h3-4,11-13,16H,5-10H2,1-2H3,(H2,28,30). The normalized spacial score (nSPS) is 15.9. The summed E-state index contributed by atoms with van der Waals surface area (Å²) >= 11 is 0. The molecular formula is C24H26F3N7O. The minimum Gasteiger partial charge on any atom is -0.383 e. The van der Waals surface area contributed by atoms with Crippen molar-refractivity contribution in [3.63, 3.8) is 0 Å². The number of nitrogens with zero attached hydrogens (tertiary/aromatic N) is 6. The van der Waals surface area contributed by atoms with E-state index in [1.807, 2.05) is 6.92 Å². The maximum Gasteiger partial charge on any atom is 0.419 e. The van der Waals surface area contributed by atoms with Gasteiger partial charge in [0.25, 0.3) is 0 Å². The van der Waals surface area contributed by atoms with Crippen molar-refractivity contribution in [1.29, 1.82) is 0 Å². The van der Waals surface area contributed by atoms with Gasteiger partial charge in [-0.25, -0.2) is 15.0 Å². The number of likely N-dealkylation sites (tertiary alicyclic amines) is 1. The highest BCUT2D eigenvalue weighted by Gasteiger charge is 2.34. The number of hydrogen-bond donors (Lipinski definition) is 1. The van der Waals surface area contributed by atoms with Gasteiger partial charge in [-0.2, -0.15) is 13.2 Å². The second kappa shape index (κ2) is 9.04. The molecule has 5 heterocycles. The van der Waals surface area contributed by atoms with Crippen LogP contribution < -0.4 is 5.73 Å². The van der Waals surface area contributed by atoms with Crippen LogP contribution in [0.1, 0.15) is 30.3 Å². The minimum atomic E-state index is -4.60. The first-order chi connectivity index (χ1) is 16.8. The van der Waals surface area contributed by atoms with E-state index in [0.29, 0.717) is 28.9 Å². The van der Waals surface area contributed by atoms with E-state index in [9.17, 15) is 13.2 Å². The highest BCUT2D eigenvalue weighted by atomic mass is 19.4. The number of hydrogen-bond acceptors (Lipinski definition) is 7. The van der Waals surface area contributed by atoms with Gasteiger partial charge in [-0.05, 0) is 38.0 Å². The van der Waals surface area contributed by atoms with Gasteiger partial charge < -0.3 is 19.9 Å². The summed E-state index contributed by atoms with van der Waals surface area (Å²) in [6, 6.07) is 4.64. The zero-order chi connectivity index (χ0) is 24.7. The maximum absolute atomic E-state index is 13.4. The number of nitrogen functional groups attached to an aromatic ring is 1. The molecule has 0 saturated carbocycles. The average molecular weight is 486 g/mol. The molecule has 0 unspecified atom stereocenters. The van der Waals surface area contributed by atoms with E-state index in [1.54, 1.807) is 25.4 Å². The van der Waals surface area contributed by atoms with Gasteiger partial charge in [0.05, 0.1) is 35.1 Å². The van der Waals surface area contributed by atoms with Crippen molar-refractivity contribution in [2.75, 3.05) is 39.1 Å². The number of nitrogens with two attached hydrogens (primary N) is 1. The molecule has 0 aromatic carbocycles. The molecule has 184 valence electrons. The summed E-state index contributed by atoms with van der Waals surface area (Å²) in [4.78, 5) is 20.1. The quantitative estimate of drug-likeness (QED) is 0.452. The number of ether oxygens (including phenoxy) is 1. The molecule has 1 aliphatic heterocycles. The summed E-state index contributed by atoms with van der Waals surface area (Å²) in [5, 5.41) is 0. The number of methoxy groups -OCH3 is 1. The van der Waals surface area contributed by atoms with Crippen molar-refractivity contribution in [1.82, 2.24) is 29.4 Å². The van der Waals surface area contributed by atoms with Gasteiger partial charge in [0.15, 0.2) is 0 Å². The summed E-state index contributed by atoms with van der Waals surface area (Å²) in [6.07, 6.45) is 0.340. The fraction of sp³-hybridized carbons (Fsp3) is 0.417. The minimum absolute atomic E-state index is 0.236. The highest BCUT2D eigenvalue weighted by molar-refractivity contribution is 6.00. The molecule has 4 aromatic heterocycles. The number of anilines is 1. The first-order valence-electron chi connectivity index (χ1n) is 11.4. The SMILES string of the molecule is COCCN1CCC(n2c(C)nc3cnc4ccc(-c5cnc(N)c(C(F)(F)F)c5)nc4c32)CC1. The van der Waals surface area contributed by atoms with Crippen LogP contribution in [-0.2, 0) is 10.9 Å². The number of halogens is 3. The molecule has 8 nitrogen and oxygen atoms in total. The van der Waals surface area contributed by atoms with E-state index in [2.05, 4.69) is 19.4 Å². The Bertz CT molecular complexity index is 1380. The Hall–Kier alpha value is -3.31. The smallest absolute Gasteiger partial charge is 0.383 e. The number of pyridine rings is 3. The number of aryl methyl sites for hydroxylation is 1. The van der Waals surface area contributed by atoms with Crippen molar-refractivity contribution < 1.29 is 17.9 Å². The third-order valence-corrected chi connectivity index (χ3v) is 6.59. The van der Waals surface area contributed by atoms with Gasteiger partial charge in [-0.1, -0.05) is 0 Å². The molecule has 1 fully saturated rings. The number of alkyl halides is 3. The number of fused-ring (bicyclic) bond motifs is 3. The number of rotatable bonds is 5. The molecule has 0 radical (unpaired) electrons. The van der Waals surface area contributed by atoms with Crippen molar-refractivity contribution in [3.05, 3.63) is 42.0 Å². The Morgan fingerprint density at radius 2 is 1.86 bits per heavy atom. The lowest BCUT2D eigenvalue weighted by Crippen LogP contribution is -2.36. The van der Waals surface area contributed by atoms with Crippen LogP contribution in [0.3, 0.4) is 0 Å². The van der Waals surface area contributed by atoms with E-state index in [4.69, 9.17) is 20.4 Å². The monoisotopic (exact) mass is 485 g/mol. The molecule has 2 N–H and O–H groups in total. The largest absolute Gasteiger partial charge is 0.419 e. The Kier molecular flexibility index (Phi) is 6.06. The van der Waals surface area contributed by atoms with E-state index in [0.717, 1.165) is 49.9 Å². The molecule has 0 bridgehead atoms. The molecule has 0 spiro atoms. The molecule has 0 aliphatic carbocycles. The van der Waals surface area contributed by atoms with Crippen molar-refractivity contribution in [3.8, 4) is 11.3 Å². The van der Waals surface area contributed by atoms with Gasteiger partial charge in [0.1, 0.15) is 22.7 Å². The zero-order valence-corrected chi connectivity index (χ0v) is 19.5. The molecule has 5 rings (SSSR count). The van der Waals surface area contributed by atoms with Crippen LogP contribution in [0, 0.1) is 6.92 Å². The molecule has 1 saturated heterocycles. The number of imidazole rings is 1. The lowest BCUT2D eigenvalue weighted by molar-refractivity contribution is -0.137. The second-order valence-electron chi connectivity index (χ2n) is 8.81.